The van der Waals surface area contributed by atoms with Gasteiger partial charge in [0.2, 0.25) is 0 Å². The minimum Gasteiger partial charge on any atom is -0.306 e. The smallest absolute Gasteiger partial charge is 0.306 e. The van der Waals surface area contributed by atoms with E-state index in [0.717, 1.165) is 29.7 Å². The molecule has 0 amide bonds. The van der Waals surface area contributed by atoms with Gasteiger partial charge in [-0.3, -0.25) is 0 Å². The van der Waals surface area contributed by atoms with Crippen molar-refractivity contribution in [2.45, 2.75) is 12.3 Å². The molecule has 0 aliphatic carbocycles. The zero-order valence-electron chi connectivity index (χ0n) is 10.3. The number of aromatic nitrogens is 2. The molecule has 1 unspecified atom stereocenters. The Hall–Kier alpha value is -0.560. The summed E-state index contributed by atoms with van der Waals surface area (Å²) in [4.78, 5) is 17.9. The summed E-state index contributed by atoms with van der Waals surface area (Å²) >= 11 is 15.2. The van der Waals surface area contributed by atoms with Gasteiger partial charge in [-0.15, -0.1) is 22.9 Å². The van der Waals surface area contributed by atoms with E-state index in [1.807, 2.05) is 19.1 Å². The number of aryl methyl sites for hydroxylation is 1. The third kappa shape index (κ3) is 2.50. The summed E-state index contributed by atoms with van der Waals surface area (Å²) in [5, 5.41) is -0.262. The molecule has 0 radical (unpaired) electrons. The van der Waals surface area contributed by atoms with Crippen molar-refractivity contribution in [3.63, 3.8) is 0 Å². The van der Waals surface area contributed by atoms with Gasteiger partial charge in [0.15, 0.2) is 0 Å². The fourth-order valence-electron chi connectivity index (χ4n) is 2.03. The Labute approximate surface area is 140 Å². The number of nitrogens with one attached hydrogen (secondary N) is 2. The number of rotatable bonds is 2. The summed E-state index contributed by atoms with van der Waals surface area (Å²) in [6.07, 6.45) is 0. The van der Waals surface area contributed by atoms with Crippen LogP contribution in [-0.4, -0.2) is 9.97 Å². The second-order valence-electron chi connectivity index (χ2n) is 4.47. The first kappa shape index (κ1) is 14.4. The predicted octanol–water partition coefficient (Wildman–Crippen LogP) is 5.08. The summed E-state index contributed by atoms with van der Waals surface area (Å²) in [6.45, 7) is 2.04. The second-order valence-corrected chi connectivity index (χ2v) is 8.16. The Morgan fingerprint density at radius 3 is 2.45 bits per heavy atom. The lowest BCUT2D eigenvalue weighted by Crippen LogP contribution is -1.99. The average molecular weight is 437 g/mol. The lowest BCUT2D eigenvalue weighted by molar-refractivity contribution is 1.17. The Morgan fingerprint density at radius 2 is 1.85 bits per heavy atom. The van der Waals surface area contributed by atoms with Crippen molar-refractivity contribution in [1.82, 2.24) is 9.97 Å². The minimum atomic E-state index is -0.262. The van der Waals surface area contributed by atoms with Gasteiger partial charge in [0.05, 0.1) is 20.2 Å². The molecule has 2 aromatic heterocycles. The van der Waals surface area contributed by atoms with E-state index in [0.29, 0.717) is 0 Å². The molecule has 0 bridgehead atoms. The molecule has 0 aliphatic heterocycles. The lowest BCUT2D eigenvalue weighted by Gasteiger charge is -2.10. The van der Waals surface area contributed by atoms with Gasteiger partial charge in [-0.05, 0) is 52.2 Å². The number of H-pyrrole nitrogens is 2. The molecule has 3 nitrogen and oxygen atoms in total. The zero-order valence-corrected chi connectivity index (χ0v) is 15.0. The SMILES string of the molecule is Cc1cc(C(Cl)c2cc3[nH]c(=O)[nH]c3cc2Br)sc1Br. The molecule has 0 spiro atoms. The molecule has 0 saturated carbocycles. The highest BCUT2D eigenvalue weighted by molar-refractivity contribution is 9.11. The van der Waals surface area contributed by atoms with Crippen LogP contribution in [0.4, 0.5) is 0 Å². The maximum atomic E-state index is 11.3. The molecule has 1 aromatic carbocycles. The first-order valence-electron chi connectivity index (χ1n) is 5.77. The van der Waals surface area contributed by atoms with Gasteiger partial charge in [0, 0.05) is 9.35 Å². The Balaban J connectivity index is 2.12. The van der Waals surface area contributed by atoms with E-state index in [-0.39, 0.29) is 11.1 Å². The highest BCUT2D eigenvalue weighted by Crippen LogP contribution is 2.41. The van der Waals surface area contributed by atoms with Crippen LogP contribution >= 0.6 is 54.8 Å². The van der Waals surface area contributed by atoms with Crippen molar-refractivity contribution in [3.05, 3.63) is 52.9 Å². The van der Waals surface area contributed by atoms with Crippen molar-refractivity contribution in [2.24, 2.45) is 0 Å². The number of thiophene rings is 1. The molecular weight excluding hydrogens is 427 g/mol. The van der Waals surface area contributed by atoms with Crippen LogP contribution in [-0.2, 0) is 0 Å². The minimum absolute atomic E-state index is 0.218. The van der Waals surface area contributed by atoms with Gasteiger partial charge < -0.3 is 9.97 Å². The molecule has 0 fully saturated rings. The number of aromatic amines is 2. The van der Waals surface area contributed by atoms with Crippen LogP contribution in [0.2, 0.25) is 0 Å². The highest BCUT2D eigenvalue weighted by atomic mass is 79.9. The lowest BCUT2D eigenvalue weighted by atomic mass is 10.1. The van der Waals surface area contributed by atoms with Crippen molar-refractivity contribution < 1.29 is 0 Å². The fourth-order valence-corrected chi connectivity index (χ4v) is 4.68. The number of imidazole rings is 1. The fraction of sp³-hybridized carbons (Fsp3) is 0.154. The van der Waals surface area contributed by atoms with Crippen LogP contribution in [0.25, 0.3) is 11.0 Å². The van der Waals surface area contributed by atoms with E-state index >= 15 is 0 Å². The highest BCUT2D eigenvalue weighted by Gasteiger charge is 2.18. The van der Waals surface area contributed by atoms with E-state index in [9.17, 15) is 4.79 Å². The molecule has 104 valence electrons. The van der Waals surface area contributed by atoms with Gasteiger partial charge >= 0.3 is 5.69 Å². The largest absolute Gasteiger partial charge is 0.323 e. The molecule has 7 heteroatoms. The summed E-state index contributed by atoms with van der Waals surface area (Å²) in [5.74, 6) is 0. The normalized spacial score (nSPS) is 13.0. The van der Waals surface area contributed by atoms with Gasteiger partial charge in [-0.1, -0.05) is 15.9 Å². The summed E-state index contributed by atoms with van der Waals surface area (Å²) in [7, 11) is 0. The molecule has 3 rings (SSSR count). The molecule has 1 atom stereocenters. The number of benzene rings is 1. The van der Waals surface area contributed by atoms with Gasteiger partial charge in [0.1, 0.15) is 0 Å². The van der Waals surface area contributed by atoms with Gasteiger partial charge in [-0.2, -0.15) is 0 Å². The number of hydrogen-bond donors (Lipinski definition) is 2. The Morgan fingerprint density at radius 1 is 1.20 bits per heavy atom. The topological polar surface area (TPSA) is 48.6 Å². The molecule has 2 N–H and O–H groups in total. The van der Waals surface area contributed by atoms with Crippen molar-refractivity contribution in [1.29, 1.82) is 0 Å². The third-order valence-electron chi connectivity index (χ3n) is 3.03. The van der Waals surface area contributed by atoms with Crippen LogP contribution in [0.3, 0.4) is 0 Å². The third-order valence-corrected chi connectivity index (χ3v) is 6.52. The second kappa shape index (κ2) is 5.33. The molecule has 0 saturated heterocycles. The summed E-state index contributed by atoms with van der Waals surface area (Å²) in [5.41, 5.74) is 3.40. The average Bonchev–Trinajstić information content (AvgIpc) is 2.90. The quantitative estimate of drug-likeness (QED) is 0.541. The van der Waals surface area contributed by atoms with E-state index < -0.39 is 0 Å². The predicted molar refractivity (Wildman–Crippen MR) is 91.1 cm³/mol. The van der Waals surface area contributed by atoms with E-state index in [1.165, 1.54) is 5.56 Å². The number of fused-ring (bicyclic) bond motifs is 1. The van der Waals surface area contributed by atoms with E-state index in [1.54, 1.807) is 11.3 Å². The van der Waals surface area contributed by atoms with Crippen LogP contribution in [0.5, 0.6) is 0 Å². The number of alkyl halides is 1. The molecule has 2 heterocycles. The van der Waals surface area contributed by atoms with Crippen molar-refractivity contribution in [2.75, 3.05) is 0 Å². The van der Waals surface area contributed by atoms with Crippen LogP contribution in [0, 0.1) is 6.92 Å². The molecule has 3 aromatic rings. The standard InChI is InChI=1S/C13H9Br2ClN2OS/c1-5-2-10(20-12(5)15)11(16)6-3-8-9(4-7(6)14)18-13(19)17-8/h2-4,11H,1H3,(H2,17,18,19). The maximum absolute atomic E-state index is 11.3. The molecule has 0 aliphatic rings. The van der Waals surface area contributed by atoms with E-state index in [2.05, 4.69) is 47.9 Å². The molecule has 20 heavy (non-hydrogen) atoms. The van der Waals surface area contributed by atoms with Gasteiger partial charge in [-0.25, -0.2) is 4.79 Å². The van der Waals surface area contributed by atoms with Crippen LogP contribution in [0.1, 0.15) is 21.4 Å². The van der Waals surface area contributed by atoms with Gasteiger partial charge in [0.25, 0.3) is 0 Å². The first-order chi connectivity index (χ1) is 9.45. The van der Waals surface area contributed by atoms with Crippen molar-refractivity contribution >= 4 is 65.8 Å². The van der Waals surface area contributed by atoms with Crippen LogP contribution < -0.4 is 5.69 Å². The number of halogens is 3. The first-order valence-corrected chi connectivity index (χ1v) is 8.61. The Kier molecular flexibility index (Phi) is 3.83. The maximum Gasteiger partial charge on any atom is 0.323 e. The van der Waals surface area contributed by atoms with E-state index in [4.69, 9.17) is 11.6 Å². The summed E-state index contributed by atoms with van der Waals surface area (Å²) in [6, 6.07) is 5.84. The van der Waals surface area contributed by atoms with Crippen LogP contribution in [0.15, 0.2) is 31.3 Å². The monoisotopic (exact) mass is 434 g/mol. The zero-order chi connectivity index (χ0) is 14.4. The Bertz CT molecular complexity index is 832. The number of hydrogen-bond acceptors (Lipinski definition) is 2. The van der Waals surface area contributed by atoms with Crippen molar-refractivity contribution in [3.8, 4) is 0 Å². The molecular formula is C13H9Br2ClN2OS. The summed E-state index contributed by atoms with van der Waals surface area (Å²) < 4.78 is 1.97.